The number of nitrogens with zero attached hydrogens (tertiary/aromatic N) is 4. The molecule has 0 aliphatic heterocycles. The molecular weight excluding hydrogens is 212 g/mol. The van der Waals surface area contributed by atoms with Gasteiger partial charge in [0, 0.05) is 16.0 Å². The van der Waals surface area contributed by atoms with Crippen LogP contribution >= 0.6 is 0 Å². The average molecular weight is 224 g/mol. The number of hydrogen-bond acceptors (Lipinski definition) is 2. The predicted molar refractivity (Wildman–Crippen MR) is 67.2 cm³/mol. The first kappa shape index (κ1) is 10.1. The van der Waals surface area contributed by atoms with E-state index in [0.29, 0.717) is 5.69 Å². The van der Waals surface area contributed by atoms with Crippen molar-refractivity contribution in [2.24, 2.45) is 5.11 Å². The fraction of sp³-hybridized carbons (Fsp3) is 0.308. The molecule has 3 rings (SSSR count). The molecule has 1 aliphatic rings. The molecule has 2 aromatic rings. The summed E-state index contributed by atoms with van der Waals surface area (Å²) >= 11 is 0. The predicted octanol–water partition coefficient (Wildman–Crippen LogP) is 4.06. The molecule has 1 aromatic heterocycles. The summed E-state index contributed by atoms with van der Waals surface area (Å²) in [5.74, 6) is 0. The van der Waals surface area contributed by atoms with Crippen molar-refractivity contribution >= 4 is 16.6 Å². The molecule has 0 unspecified atom stereocenters. The molecular formula is C13H12N4. The van der Waals surface area contributed by atoms with Gasteiger partial charge in [-0.25, -0.2) is 0 Å². The first-order valence-electron chi connectivity index (χ1n) is 5.85. The van der Waals surface area contributed by atoms with Gasteiger partial charge in [-0.3, -0.25) is 4.98 Å². The first-order valence-corrected chi connectivity index (χ1v) is 5.85. The standard InChI is InChI=1S/C13H12N4/c14-17-16-12-7-3-5-10-8-9-4-1-2-6-11(9)15-13(10)12/h3,5,7-8H,1-2,4,6H2. The number of rotatable bonds is 1. The quantitative estimate of drug-likeness (QED) is 0.409. The summed E-state index contributed by atoms with van der Waals surface area (Å²) < 4.78 is 0. The van der Waals surface area contributed by atoms with Crippen molar-refractivity contribution in [2.75, 3.05) is 0 Å². The second kappa shape index (κ2) is 4.07. The molecule has 1 heterocycles. The minimum atomic E-state index is 0.623. The third-order valence-electron chi connectivity index (χ3n) is 3.26. The second-order valence-electron chi connectivity index (χ2n) is 4.34. The summed E-state index contributed by atoms with van der Waals surface area (Å²) in [5, 5.41) is 4.77. The lowest BCUT2D eigenvalue weighted by Gasteiger charge is -2.15. The maximum Gasteiger partial charge on any atom is 0.0801 e. The number of pyridine rings is 1. The van der Waals surface area contributed by atoms with E-state index in [1.54, 1.807) is 0 Å². The number of fused-ring (bicyclic) bond motifs is 2. The van der Waals surface area contributed by atoms with E-state index in [-0.39, 0.29) is 0 Å². The molecule has 0 amide bonds. The normalized spacial score (nSPS) is 14.1. The monoisotopic (exact) mass is 224 g/mol. The van der Waals surface area contributed by atoms with Crippen LogP contribution < -0.4 is 0 Å². The SMILES string of the molecule is [N-]=[N+]=Nc1cccc2cc3c(nc12)CCCC3. The summed E-state index contributed by atoms with van der Waals surface area (Å²) in [6.07, 6.45) is 4.60. The van der Waals surface area contributed by atoms with E-state index in [9.17, 15) is 0 Å². The van der Waals surface area contributed by atoms with Crippen LogP contribution in [0.15, 0.2) is 29.4 Å². The minimum absolute atomic E-state index is 0.623. The Labute approximate surface area is 98.9 Å². The van der Waals surface area contributed by atoms with E-state index < -0.39 is 0 Å². The maximum absolute atomic E-state index is 8.55. The molecule has 0 N–H and O–H groups in total. The van der Waals surface area contributed by atoms with Gasteiger partial charge in [0.2, 0.25) is 0 Å². The largest absolute Gasteiger partial charge is 0.252 e. The van der Waals surface area contributed by atoms with Gasteiger partial charge >= 0.3 is 0 Å². The highest BCUT2D eigenvalue weighted by molar-refractivity contribution is 5.89. The van der Waals surface area contributed by atoms with Crippen molar-refractivity contribution in [2.45, 2.75) is 25.7 Å². The van der Waals surface area contributed by atoms with Crippen LogP contribution in [0.2, 0.25) is 0 Å². The Morgan fingerprint density at radius 2 is 2.12 bits per heavy atom. The lowest BCUT2D eigenvalue weighted by atomic mass is 9.94. The summed E-state index contributed by atoms with van der Waals surface area (Å²) in [7, 11) is 0. The molecule has 84 valence electrons. The highest BCUT2D eigenvalue weighted by Crippen LogP contribution is 2.29. The third kappa shape index (κ3) is 1.73. The van der Waals surface area contributed by atoms with E-state index >= 15 is 0 Å². The van der Waals surface area contributed by atoms with Crippen LogP contribution in [0.5, 0.6) is 0 Å². The van der Waals surface area contributed by atoms with Crippen molar-refractivity contribution in [1.29, 1.82) is 0 Å². The van der Waals surface area contributed by atoms with Crippen molar-refractivity contribution in [1.82, 2.24) is 4.98 Å². The molecule has 0 bridgehead atoms. The molecule has 0 fully saturated rings. The van der Waals surface area contributed by atoms with Crippen LogP contribution in [0.25, 0.3) is 21.3 Å². The van der Waals surface area contributed by atoms with Crippen LogP contribution in [0.3, 0.4) is 0 Å². The van der Waals surface area contributed by atoms with Crippen molar-refractivity contribution < 1.29 is 0 Å². The van der Waals surface area contributed by atoms with Crippen LogP contribution in [0.1, 0.15) is 24.1 Å². The maximum atomic E-state index is 8.55. The highest BCUT2D eigenvalue weighted by Gasteiger charge is 2.12. The van der Waals surface area contributed by atoms with Crippen LogP contribution in [-0.4, -0.2) is 4.98 Å². The number of hydrogen-bond donors (Lipinski definition) is 0. The Balaban J connectivity index is 2.29. The zero-order valence-electron chi connectivity index (χ0n) is 9.43. The van der Waals surface area contributed by atoms with Gasteiger partial charge in [-0.15, -0.1) is 0 Å². The summed E-state index contributed by atoms with van der Waals surface area (Å²) in [6, 6.07) is 7.92. The Morgan fingerprint density at radius 3 is 3.00 bits per heavy atom. The van der Waals surface area contributed by atoms with Gasteiger partial charge in [0.05, 0.1) is 11.2 Å². The molecule has 0 atom stereocenters. The molecule has 4 nitrogen and oxygen atoms in total. The van der Waals surface area contributed by atoms with E-state index in [0.717, 1.165) is 23.7 Å². The lowest BCUT2D eigenvalue weighted by molar-refractivity contribution is 0.671. The van der Waals surface area contributed by atoms with Gasteiger partial charge in [0.1, 0.15) is 0 Å². The highest BCUT2D eigenvalue weighted by atomic mass is 15.1. The van der Waals surface area contributed by atoms with Crippen molar-refractivity contribution in [3.05, 3.63) is 46.0 Å². The third-order valence-corrected chi connectivity index (χ3v) is 3.26. The smallest absolute Gasteiger partial charge is 0.0801 e. The Hall–Kier alpha value is -2.06. The van der Waals surface area contributed by atoms with Gasteiger partial charge in [-0.1, -0.05) is 23.3 Å². The van der Waals surface area contributed by atoms with Gasteiger partial charge in [0.15, 0.2) is 0 Å². The second-order valence-corrected chi connectivity index (χ2v) is 4.34. The van der Waals surface area contributed by atoms with Gasteiger partial charge in [-0.05, 0) is 42.8 Å². The lowest BCUT2D eigenvalue weighted by Crippen LogP contribution is -2.05. The summed E-state index contributed by atoms with van der Waals surface area (Å²) in [5.41, 5.74) is 12.5. The molecule has 0 radical (unpaired) electrons. The number of benzene rings is 1. The van der Waals surface area contributed by atoms with Crippen molar-refractivity contribution in [3.8, 4) is 0 Å². The average Bonchev–Trinajstić information content (AvgIpc) is 2.37. The molecule has 1 aromatic carbocycles. The Bertz CT molecular complexity index is 627. The number of para-hydroxylation sites is 1. The fourth-order valence-corrected chi connectivity index (χ4v) is 2.43. The van der Waals surface area contributed by atoms with E-state index in [4.69, 9.17) is 5.53 Å². The topological polar surface area (TPSA) is 61.7 Å². The van der Waals surface area contributed by atoms with Gasteiger partial charge in [0.25, 0.3) is 0 Å². The molecule has 0 saturated heterocycles. The number of aromatic nitrogens is 1. The molecule has 17 heavy (non-hydrogen) atoms. The van der Waals surface area contributed by atoms with Crippen LogP contribution in [-0.2, 0) is 12.8 Å². The van der Waals surface area contributed by atoms with Gasteiger partial charge < -0.3 is 0 Å². The first-order chi connectivity index (χ1) is 8.38. The number of aryl methyl sites for hydroxylation is 2. The van der Waals surface area contributed by atoms with Crippen LogP contribution in [0.4, 0.5) is 5.69 Å². The summed E-state index contributed by atoms with van der Waals surface area (Å²) in [4.78, 5) is 7.52. The Kier molecular flexibility index (Phi) is 2.42. The van der Waals surface area contributed by atoms with E-state index in [1.165, 1.54) is 24.1 Å². The molecule has 1 aliphatic carbocycles. The molecule has 0 spiro atoms. The van der Waals surface area contributed by atoms with Gasteiger partial charge in [-0.2, -0.15) is 0 Å². The zero-order valence-corrected chi connectivity index (χ0v) is 9.43. The number of azide groups is 1. The zero-order chi connectivity index (χ0) is 11.7. The van der Waals surface area contributed by atoms with E-state index in [1.807, 2.05) is 18.2 Å². The van der Waals surface area contributed by atoms with Crippen LogP contribution in [0, 0.1) is 0 Å². The molecule has 4 heteroatoms. The minimum Gasteiger partial charge on any atom is -0.252 e. The summed E-state index contributed by atoms with van der Waals surface area (Å²) in [6.45, 7) is 0. The fourth-order valence-electron chi connectivity index (χ4n) is 2.43. The Morgan fingerprint density at radius 1 is 1.24 bits per heavy atom. The van der Waals surface area contributed by atoms with E-state index in [2.05, 4.69) is 21.1 Å². The van der Waals surface area contributed by atoms with Crippen molar-refractivity contribution in [3.63, 3.8) is 0 Å². The molecule has 0 saturated carbocycles.